The van der Waals surface area contributed by atoms with Gasteiger partial charge >= 0.3 is 0 Å². The van der Waals surface area contributed by atoms with Crippen molar-refractivity contribution in [1.29, 1.82) is 0 Å². The minimum Gasteiger partial charge on any atom is -0.439 e. The first-order valence-corrected chi connectivity index (χ1v) is 9.77. The van der Waals surface area contributed by atoms with Crippen LogP contribution in [0.5, 0.6) is 5.75 Å². The van der Waals surface area contributed by atoms with Crippen LogP contribution in [0.1, 0.15) is 20.8 Å². The summed E-state index contributed by atoms with van der Waals surface area (Å²) in [5.41, 5.74) is 2.71. The van der Waals surface area contributed by atoms with Gasteiger partial charge in [-0.25, -0.2) is 0 Å². The number of likely N-dealkylation sites (N-methyl/N-ethyl adjacent to an activating group) is 1. The van der Waals surface area contributed by atoms with Crippen molar-refractivity contribution in [2.45, 2.75) is 26.9 Å². The molecule has 144 valence electrons. The third-order valence-corrected chi connectivity index (χ3v) is 5.28. The lowest BCUT2D eigenvalue weighted by Crippen LogP contribution is -2.36. The second kappa shape index (κ2) is 7.43. The van der Waals surface area contributed by atoms with E-state index >= 15 is 0 Å². The van der Waals surface area contributed by atoms with E-state index in [1.807, 2.05) is 78.6 Å². The maximum atomic E-state index is 13.0. The lowest BCUT2D eigenvalue weighted by Gasteiger charge is -2.27. The van der Waals surface area contributed by atoms with Crippen LogP contribution in [0.3, 0.4) is 0 Å². The Hall–Kier alpha value is -3.21. The summed E-state index contributed by atoms with van der Waals surface area (Å²) in [7, 11) is 0. The maximum absolute atomic E-state index is 13.0. The van der Waals surface area contributed by atoms with Crippen LogP contribution >= 0.6 is 0 Å². The van der Waals surface area contributed by atoms with E-state index in [0.717, 1.165) is 29.6 Å². The van der Waals surface area contributed by atoms with E-state index in [1.54, 1.807) is 0 Å². The van der Waals surface area contributed by atoms with Crippen LogP contribution in [0.15, 0.2) is 78.3 Å². The molecule has 0 aromatic heterocycles. The lowest BCUT2D eigenvalue weighted by atomic mass is 10.2. The lowest BCUT2D eigenvalue weighted by molar-refractivity contribution is -0.125. The molecule has 2 aliphatic rings. The Labute approximate surface area is 166 Å². The fourth-order valence-corrected chi connectivity index (χ4v) is 3.92. The monoisotopic (exact) mass is 375 g/mol. The SMILES string of the molecule is CCN1C(=CC=C2C(=O)N(CC)C(C)N2c2ccccc2)Oc2ccccc21. The number of ether oxygens (including phenoxy) is 1. The van der Waals surface area contributed by atoms with E-state index < -0.39 is 0 Å². The second-order valence-corrected chi connectivity index (χ2v) is 6.80. The molecule has 1 fully saturated rings. The van der Waals surface area contributed by atoms with Gasteiger partial charge in [0.1, 0.15) is 11.9 Å². The minimum absolute atomic E-state index is 0.0338. The number of para-hydroxylation sites is 3. The zero-order chi connectivity index (χ0) is 19.7. The van der Waals surface area contributed by atoms with Gasteiger partial charge in [-0.2, -0.15) is 0 Å². The van der Waals surface area contributed by atoms with Crippen LogP contribution in [-0.4, -0.2) is 30.1 Å². The zero-order valence-electron chi connectivity index (χ0n) is 16.5. The first-order chi connectivity index (χ1) is 13.7. The predicted octanol–water partition coefficient (Wildman–Crippen LogP) is 4.35. The van der Waals surface area contributed by atoms with Gasteiger partial charge in [0.15, 0.2) is 5.75 Å². The number of hydrogen-bond acceptors (Lipinski definition) is 4. The highest BCUT2D eigenvalue weighted by Gasteiger charge is 2.38. The largest absolute Gasteiger partial charge is 0.439 e. The Morgan fingerprint density at radius 2 is 1.68 bits per heavy atom. The van der Waals surface area contributed by atoms with E-state index in [2.05, 4.69) is 23.6 Å². The summed E-state index contributed by atoms with van der Waals surface area (Å²) < 4.78 is 6.03. The van der Waals surface area contributed by atoms with Gasteiger partial charge < -0.3 is 19.4 Å². The molecule has 0 saturated carbocycles. The fourth-order valence-electron chi connectivity index (χ4n) is 3.92. The van der Waals surface area contributed by atoms with Crippen molar-refractivity contribution >= 4 is 17.3 Å². The van der Waals surface area contributed by atoms with Gasteiger partial charge in [-0.15, -0.1) is 0 Å². The van der Waals surface area contributed by atoms with Crippen molar-refractivity contribution < 1.29 is 9.53 Å². The van der Waals surface area contributed by atoms with Crippen molar-refractivity contribution in [2.75, 3.05) is 22.9 Å². The number of anilines is 2. The van der Waals surface area contributed by atoms with Crippen LogP contribution in [0.25, 0.3) is 0 Å². The molecule has 0 radical (unpaired) electrons. The highest BCUT2D eigenvalue weighted by atomic mass is 16.5. The summed E-state index contributed by atoms with van der Waals surface area (Å²) >= 11 is 0. The molecule has 5 nitrogen and oxygen atoms in total. The van der Waals surface area contributed by atoms with Gasteiger partial charge in [-0.05, 0) is 51.1 Å². The summed E-state index contributed by atoms with van der Waals surface area (Å²) in [5, 5.41) is 0. The predicted molar refractivity (Wildman–Crippen MR) is 112 cm³/mol. The highest BCUT2D eigenvalue weighted by molar-refractivity contribution is 6.01. The van der Waals surface area contributed by atoms with Gasteiger partial charge in [-0.3, -0.25) is 4.79 Å². The molecule has 0 spiro atoms. The first-order valence-electron chi connectivity index (χ1n) is 9.77. The Morgan fingerprint density at radius 3 is 2.39 bits per heavy atom. The molecular weight excluding hydrogens is 350 g/mol. The van der Waals surface area contributed by atoms with Crippen molar-refractivity contribution in [3.05, 3.63) is 78.3 Å². The van der Waals surface area contributed by atoms with E-state index in [1.165, 1.54) is 0 Å². The number of fused-ring (bicyclic) bond motifs is 1. The molecule has 0 bridgehead atoms. The Bertz CT molecular complexity index is 936. The van der Waals surface area contributed by atoms with Gasteiger partial charge in [0.25, 0.3) is 5.91 Å². The number of hydrogen-bond donors (Lipinski definition) is 0. The van der Waals surface area contributed by atoms with Crippen molar-refractivity contribution in [3.63, 3.8) is 0 Å². The first kappa shape index (κ1) is 18.2. The molecule has 1 amide bonds. The maximum Gasteiger partial charge on any atom is 0.272 e. The third kappa shape index (κ3) is 2.93. The molecular formula is C23H25N3O2. The molecule has 1 unspecified atom stereocenters. The Kier molecular flexibility index (Phi) is 4.82. The molecule has 0 N–H and O–H groups in total. The van der Waals surface area contributed by atoms with Crippen molar-refractivity contribution in [3.8, 4) is 5.75 Å². The topological polar surface area (TPSA) is 36.0 Å². The van der Waals surface area contributed by atoms with Crippen LogP contribution in [0.4, 0.5) is 11.4 Å². The van der Waals surface area contributed by atoms with Gasteiger partial charge in [-0.1, -0.05) is 30.3 Å². The summed E-state index contributed by atoms with van der Waals surface area (Å²) in [5.74, 6) is 1.61. The standard InChI is InChI=1S/C23H25N3O2/c1-4-24-17(3)26(18-11-7-6-8-12-18)20(23(24)27)15-16-22-25(5-2)19-13-9-10-14-21(19)28-22/h6-17H,4-5H2,1-3H3. The third-order valence-electron chi connectivity index (χ3n) is 5.28. The minimum atomic E-state index is -0.0338. The number of nitrogens with zero attached hydrogens (tertiary/aromatic N) is 3. The summed E-state index contributed by atoms with van der Waals surface area (Å²) in [4.78, 5) is 19.1. The molecule has 5 heteroatoms. The van der Waals surface area contributed by atoms with Crippen molar-refractivity contribution in [2.24, 2.45) is 0 Å². The molecule has 2 heterocycles. The number of carbonyl (C=O) groups is 1. The summed E-state index contributed by atoms with van der Waals surface area (Å²) in [6.45, 7) is 7.61. The average Bonchev–Trinajstić information content (AvgIpc) is 3.20. The smallest absolute Gasteiger partial charge is 0.272 e. The van der Waals surface area contributed by atoms with E-state index in [9.17, 15) is 4.79 Å². The number of allylic oxidation sites excluding steroid dienone is 2. The Balaban J connectivity index is 1.72. The van der Waals surface area contributed by atoms with Crippen molar-refractivity contribution in [1.82, 2.24) is 4.90 Å². The highest BCUT2D eigenvalue weighted by Crippen LogP contribution is 2.38. The van der Waals surface area contributed by atoms with Crippen LogP contribution in [0.2, 0.25) is 0 Å². The normalized spacial score (nSPS) is 21.6. The molecule has 4 rings (SSSR count). The zero-order valence-corrected chi connectivity index (χ0v) is 16.5. The Morgan fingerprint density at radius 1 is 0.964 bits per heavy atom. The van der Waals surface area contributed by atoms with E-state index in [-0.39, 0.29) is 12.1 Å². The quantitative estimate of drug-likeness (QED) is 0.745. The fraction of sp³-hybridized carbons (Fsp3) is 0.261. The van der Waals surface area contributed by atoms with Crippen LogP contribution < -0.4 is 14.5 Å². The number of rotatable bonds is 4. The summed E-state index contributed by atoms with van der Waals surface area (Å²) in [6, 6.07) is 18.0. The molecule has 2 aromatic rings. The second-order valence-electron chi connectivity index (χ2n) is 6.80. The molecule has 1 atom stereocenters. The molecule has 2 aromatic carbocycles. The van der Waals surface area contributed by atoms with Crippen LogP contribution in [0, 0.1) is 0 Å². The van der Waals surface area contributed by atoms with Gasteiger partial charge in [0.2, 0.25) is 5.88 Å². The average molecular weight is 375 g/mol. The number of carbonyl (C=O) groups excluding carboxylic acids is 1. The number of amides is 1. The molecule has 0 aliphatic carbocycles. The van der Waals surface area contributed by atoms with Gasteiger partial charge in [0, 0.05) is 24.9 Å². The van der Waals surface area contributed by atoms with Crippen LogP contribution in [-0.2, 0) is 4.79 Å². The molecule has 1 saturated heterocycles. The molecule has 28 heavy (non-hydrogen) atoms. The van der Waals surface area contributed by atoms with E-state index in [4.69, 9.17) is 4.74 Å². The number of benzene rings is 2. The summed E-state index contributed by atoms with van der Waals surface area (Å²) in [6.07, 6.45) is 3.75. The molecule has 2 aliphatic heterocycles. The van der Waals surface area contributed by atoms with E-state index in [0.29, 0.717) is 12.2 Å². The van der Waals surface area contributed by atoms with Gasteiger partial charge in [0.05, 0.1) is 5.69 Å².